The standard InChI is InChI=1S/C40H26N6/c1-4-14-27(15-5-1)31-20-10-11-21-32(31)30-24-25-35-36(26-30)45-34-23-13-12-22-33(34)41-40(45)46(35)39-43-37(28-16-6-2-7-17-28)42-38(44-39)29-18-8-3-9-19-29/h1-26H. The van der Waals surface area contributed by atoms with Crippen LogP contribution in [0, 0.1) is 0 Å². The number of hydrogen-bond acceptors (Lipinski definition) is 4. The molecule has 0 amide bonds. The van der Waals surface area contributed by atoms with Gasteiger partial charge in [-0.25, -0.2) is 14.5 Å². The monoisotopic (exact) mass is 590 g/mol. The first-order valence-electron chi connectivity index (χ1n) is 15.3. The van der Waals surface area contributed by atoms with Crippen molar-refractivity contribution in [3.63, 3.8) is 0 Å². The summed E-state index contributed by atoms with van der Waals surface area (Å²) in [7, 11) is 0. The molecule has 6 nitrogen and oxygen atoms in total. The van der Waals surface area contributed by atoms with E-state index in [2.05, 4.69) is 93.9 Å². The molecule has 0 aliphatic heterocycles. The van der Waals surface area contributed by atoms with Crippen LogP contribution in [0.1, 0.15) is 0 Å². The van der Waals surface area contributed by atoms with Crippen LogP contribution in [-0.4, -0.2) is 28.9 Å². The van der Waals surface area contributed by atoms with E-state index >= 15 is 0 Å². The Balaban J connectivity index is 1.34. The Morgan fingerprint density at radius 2 is 0.913 bits per heavy atom. The first-order chi connectivity index (χ1) is 22.8. The first-order valence-corrected chi connectivity index (χ1v) is 15.3. The highest BCUT2D eigenvalue weighted by molar-refractivity contribution is 5.95. The predicted octanol–water partition coefficient (Wildman–Crippen LogP) is 9.28. The lowest BCUT2D eigenvalue weighted by atomic mass is 9.94. The molecule has 0 aliphatic rings. The van der Waals surface area contributed by atoms with Crippen LogP contribution in [0.15, 0.2) is 158 Å². The summed E-state index contributed by atoms with van der Waals surface area (Å²) >= 11 is 0. The van der Waals surface area contributed by atoms with Gasteiger partial charge in [-0.1, -0.05) is 133 Å². The van der Waals surface area contributed by atoms with Crippen LogP contribution in [0.25, 0.3) is 78.8 Å². The number of imidazole rings is 2. The van der Waals surface area contributed by atoms with Crippen molar-refractivity contribution in [2.24, 2.45) is 0 Å². The number of benzene rings is 6. The summed E-state index contributed by atoms with van der Waals surface area (Å²) in [6.07, 6.45) is 0. The van der Waals surface area contributed by atoms with E-state index in [4.69, 9.17) is 19.9 Å². The van der Waals surface area contributed by atoms with Gasteiger partial charge in [-0.2, -0.15) is 9.97 Å². The lowest BCUT2D eigenvalue weighted by Crippen LogP contribution is -2.07. The molecule has 0 saturated heterocycles. The number of rotatable bonds is 5. The largest absolute Gasteiger partial charge is 0.276 e. The highest BCUT2D eigenvalue weighted by atomic mass is 15.3. The van der Waals surface area contributed by atoms with Gasteiger partial charge in [-0.05, 0) is 46.5 Å². The summed E-state index contributed by atoms with van der Waals surface area (Å²) in [5.74, 6) is 2.47. The second-order valence-corrected chi connectivity index (χ2v) is 11.2. The van der Waals surface area contributed by atoms with E-state index in [0.717, 1.165) is 44.5 Å². The second kappa shape index (κ2) is 10.6. The molecule has 216 valence electrons. The number of nitrogens with zero attached hydrogens (tertiary/aromatic N) is 6. The fraction of sp³-hybridized carbons (Fsp3) is 0. The number of para-hydroxylation sites is 2. The van der Waals surface area contributed by atoms with E-state index in [1.54, 1.807) is 0 Å². The maximum Gasteiger partial charge on any atom is 0.241 e. The molecular formula is C40H26N6. The molecule has 46 heavy (non-hydrogen) atoms. The van der Waals surface area contributed by atoms with Crippen molar-refractivity contribution in [3.05, 3.63) is 158 Å². The van der Waals surface area contributed by atoms with Crippen molar-refractivity contribution in [2.75, 3.05) is 0 Å². The minimum atomic E-state index is 0.514. The van der Waals surface area contributed by atoms with Gasteiger partial charge in [-0.3, -0.25) is 4.40 Å². The molecule has 3 aromatic heterocycles. The van der Waals surface area contributed by atoms with Gasteiger partial charge in [-0.15, -0.1) is 0 Å². The molecule has 0 saturated carbocycles. The average molecular weight is 591 g/mol. The smallest absolute Gasteiger partial charge is 0.241 e. The van der Waals surface area contributed by atoms with E-state index in [1.807, 2.05) is 72.8 Å². The number of fused-ring (bicyclic) bond motifs is 5. The lowest BCUT2D eigenvalue weighted by molar-refractivity contribution is 0.937. The Morgan fingerprint density at radius 3 is 1.57 bits per heavy atom. The van der Waals surface area contributed by atoms with Crippen LogP contribution in [0.2, 0.25) is 0 Å². The Hall–Kier alpha value is -6.40. The van der Waals surface area contributed by atoms with Gasteiger partial charge in [0.05, 0.1) is 22.1 Å². The van der Waals surface area contributed by atoms with Gasteiger partial charge in [0.1, 0.15) is 0 Å². The van der Waals surface area contributed by atoms with Crippen LogP contribution in [-0.2, 0) is 0 Å². The molecule has 0 atom stereocenters. The molecule has 3 heterocycles. The molecule has 0 bridgehead atoms. The highest BCUT2D eigenvalue weighted by Gasteiger charge is 2.22. The number of aromatic nitrogens is 6. The van der Waals surface area contributed by atoms with E-state index in [0.29, 0.717) is 17.6 Å². The van der Waals surface area contributed by atoms with Crippen molar-refractivity contribution in [1.29, 1.82) is 0 Å². The molecule has 0 fully saturated rings. The third-order valence-corrected chi connectivity index (χ3v) is 8.41. The maximum absolute atomic E-state index is 5.13. The third-order valence-electron chi connectivity index (χ3n) is 8.41. The third kappa shape index (κ3) is 4.27. The van der Waals surface area contributed by atoms with Crippen LogP contribution < -0.4 is 0 Å². The van der Waals surface area contributed by atoms with Gasteiger partial charge < -0.3 is 0 Å². The van der Waals surface area contributed by atoms with Gasteiger partial charge >= 0.3 is 0 Å². The van der Waals surface area contributed by atoms with Crippen LogP contribution in [0.3, 0.4) is 0 Å². The molecule has 0 spiro atoms. The zero-order chi connectivity index (χ0) is 30.5. The van der Waals surface area contributed by atoms with Gasteiger partial charge in [0.15, 0.2) is 11.6 Å². The van der Waals surface area contributed by atoms with E-state index < -0.39 is 0 Å². The molecule has 0 aliphatic carbocycles. The second-order valence-electron chi connectivity index (χ2n) is 11.2. The van der Waals surface area contributed by atoms with Gasteiger partial charge in [0, 0.05) is 11.1 Å². The summed E-state index contributed by atoms with van der Waals surface area (Å²) in [5.41, 5.74) is 10.4. The van der Waals surface area contributed by atoms with E-state index in [9.17, 15) is 0 Å². The van der Waals surface area contributed by atoms with Crippen molar-refractivity contribution in [1.82, 2.24) is 28.9 Å². The first kappa shape index (κ1) is 26.0. The van der Waals surface area contributed by atoms with Crippen molar-refractivity contribution in [2.45, 2.75) is 0 Å². The zero-order valence-electron chi connectivity index (χ0n) is 24.7. The van der Waals surface area contributed by atoms with E-state index in [1.165, 1.54) is 16.7 Å². The molecule has 0 unspecified atom stereocenters. The minimum absolute atomic E-state index is 0.514. The molecule has 9 aromatic rings. The summed E-state index contributed by atoms with van der Waals surface area (Å²) in [4.78, 5) is 20.2. The SMILES string of the molecule is c1ccc(-c2nc(-c3ccccc3)nc(-n3c4ccc(-c5ccccc5-c5ccccc5)cc4n4c5ccccc5nc34)n2)cc1. The summed E-state index contributed by atoms with van der Waals surface area (Å²) in [5, 5.41) is 0. The Kier molecular flexibility index (Phi) is 6.03. The van der Waals surface area contributed by atoms with Crippen LogP contribution >= 0.6 is 0 Å². The quantitative estimate of drug-likeness (QED) is 0.200. The highest BCUT2D eigenvalue weighted by Crippen LogP contribution is 2.36. The normalized spacial score (nSPS) is 11.5. The lowest BCUT2D eigenvalue weighted by Gasteiger charge is -2.11. The van der Waals surface area contributed by atoms with Crippen LogP contribution in [0.4, 0.5) is 0 Å². The minimum Gasteiger partial charge on any atom is -0.276 e. The van der Waals surface area contributed by atoms with Crippen molar-refractivity contribution < 1.29 is 0 Å². The van der Waals surface area contributed by atoms with Gasteiger partial charge in [0.25, 0.3) is 0 Å². The molecule has 6 aromatic carbocycles. The topological polar surface area (TPSA) is 60.9 Å². The van der Waals surface area contributed by atoms with Gasteiger partial charge in [0.2, 0.25) is 11.7 Å². The van der Waals surface area contributed by atoms with Crippen LogP contribution in [0.5, 0.6) is 0 Å². The average Bonchev–Trinajstić information content (AvgIpc) is 3.67. The number of hydrogen-bond donors (Lipinski definition) is 0. The van der Waals surface area contributed by atoms with E-state index in [-0.39, 0.29) is 0 Å². The molecule has 0 radical (unpaired) electrons. The summed E-state index contributed by atoms with van der Waals surface area (Å²) in [6.45, 7) is 0. The Bertz CT molecular complexity index is 2460. The van der Waals surface area contributed by atoms with Crippen molar-refractivity contribution in [3.8, 4) is 51.0 Å². The molecule has 6 heteroatoms. The predicted molar refractivity (Wildman–Crippen MR) is 185 cm³/mol. The Morgan fingerprint density at radius 1 is 0.370 bits per heavy atom. The summed E-state index contributed by atoms with van der Waals surface area (Å²) < 4.78 is 4.27. The fourth-order valence-electron chi connectivity index (χ4n) is 6.27. The molecular weight excluding hydrogens is 564 g/mol. The van der Waals surface area contributed by atoms with Crippen molar-refractivity contribution >= 4 is 27.8 Å². The Labute approximate surface area is 264 Å². The molecule has 9 rings (SSSR count). The summed E-state index contributed by atoms with van der Waals surface area (Å²) in [6, 6.07) is 54.0. The maximum atomic E-state index is 5.13. The molecule has 0 N–H and O–H groups in total. The zero-order valence-corrected chi connectivity index (χ0v) is 24.7. The fourth-order valence-corrected chi connectivity index (χ4v) is 6.27.